The Morgan fingerprint density at radius 3 is 2.42 bits per heavy atom. The Bertz CT molecular complexity index is 1270. The maximum Gasteiger partial charge on any atom is 0.301 e. The molecular weight excluding hydrogens is 478 g/mol. The Morgan fingerprint density at radius 2 is 1.75 bits per heavy atom. The third-order valence-electron chi connectivity index (χ3n) is 5.71. The number of aryl methyl sites for hydroxylation is 1. The molecule has 1 aromatic heterocycles. The molecule has 8 nitrogen and oxygen atoms in total. The van der Waals surface area contributed by atoms with Crippen molar-refractivity contribution in [2.45, 2.75) is 46.1 Å². The minimum absolute atomic E-state index is 0.0132. The van der Waals surface area contributed by atoms with Gasteiger partial charge in [0.05, 0.1) is 24.8 Å². The number of amides is 1. The number of hydrogen-bond acceptors (Lipinski definition) is 8. The number of benzene rings is 2. The maximum absolute atomic E-state index is 13.3. The van der Waals surface area contributed by atoms with Crippen molar-refractivity contribution < 1.29 is 24.2 Å². The highest BCUT2D eigenvalue weighted by Crippen LogP contribution is 2.43. The molecule has 188 valence electrons. The first-order valence-corrected chi connectivity index (χ1v) is 12.8. The molecule has 3 aromatic rings. The van der Waals surface area contributed by atoms with Crippen LogP contribution in [0.2, 0.25) is 0 Å². The summed E-state index contributed by atoms with van der Waals surface area (Å²) in [6.45, 7) is 7.01. The summed E-state index contributed by atoms with van der Waals surface area (Å²) in [5.74, 6) is -0.530. The van der Waals surface area contributed by atoms with E-state index in [1.165, 1.54) is 16.2 Å². The van der Waals surface area contributed by atoms with E-state index >= 15 is 0 Å². The van der Waals surface area contributed by atoms with Crippen LogP contribution in [0.15, 0.2) is 54.1 Å². The number of aliphatic hydroxyl groups is 1. The number of ketones is 1. The van der Waals surface area contributed by atoms with Crippen molar-refractivity contribution in [3.8, 4) is 11.5 Å². The third kappa shape index (κ3) is 5.26. The Labute approximate surface area is 214 Å². The van der Waals surface area contributed by atoms with Gasteiger partial charge in [-0.15, -0.1) is 10.2 Å². The zero-order valence-electron chi connectivity index (χ0n) is 20.6. The molecule has 2 heterocycles. The van der Waals surface area contributed by atoms with E-state index in [4.69, 9.17) is 9.47 Å². The predicted molar refractivity (Wildman–Crippen MR) is 139 cm³/mol. The second kappa shape index (κ2) is 11.3. The zero-order chi connectivity index (χ0) is 25.7. The van der Waals surface area contributed by atoms with Gasteiger partial charge in [-0.1, -0.05) is 43.7 Å². The summed E-state index contributed by atoms with van der Waals surface area (Å²) in [6, 6.07) is 13.1. The number of unbranched alkanes of at least 4 members (excludes halogenated alkanes) is 1. The molecule has 2 aromatic carbocycles. The minimum Gasteiger partial charge on any atom is -0.507 e. The van der Waals surface area contributed by atoms with Crippen LogP contribution in [0.1, 0.15) is 55.3 Å². The van der Waals surface area contributed by atoms with Crippen molar-refractivity contribution in [2.24, 2.45) is 0 Å². The van der Waals surface area contributed by atoms with E-state index in [-0.39, 0.29) is 11.3 Å². The molecule has 36 heavy (non-hydrogen) atoms. The van der Waals surface area contributed by atoms with Crippen molar-refractivity contribution in [2.75, 3.05) is 18.1 Å². The maximum atomic E-state index is 13.3. The number of nitrogens with zero attached hydrogens (tertiary/aromatic N) is 3. The fourth-order valence-corrected chi connectivity index (χ4v) is 4.64. The lowest BCUT2D eigenvalue weighted by molar-refractivity contribution is -0.132. The standard InChI is InChI=1S/C27H29N3O5S/c1-4-6-15-35-21-9-7-8-19(16-21)23-22(24(31)18-10-12-20(13-11-18)34-14-5-2)25(32)26(33)30(23)27-29-28-17(3)36-27/h7-13,16,23,31H,4-6,14-15H2,1-3H3. The molecular formula is C27H29N3O5S. The number of anilines is 1. The highest BCUT2D eigenvalue weighted by Gasteiger charge is 2.48. The molecule has 0 bridgehead atoms. The van der Waals surface area contributed by atoms with Crippen LogP contribution in [-0.4, -0.2) is 40.2 Å². The summed E-state index contributed by atoms with van der Waals surface area (Å²) in [5, 5.41) is 20.4. The Balaban J connectivity index is 1.80. The van der Waals surface area contributed by atoms with E-state index in [0.717, 1.165) is 19.3 Å². The highest BCUT2D eigenvalue weighted by atomic mass is 32.1. The van der Waals surface area contributed by atoms with Gasteiger partial charge in [0, 0.05) is 5.56 Å². The van der Waals surface area contributed by atoms with Crippen molar-refractivity contribution in [3.63, 3.8) is 0 Å². The van der Waals surface area contributed by atoms with Crippen molar-refractivity contribution in [3.05, 3.63) is 70.2 Å². The number of aliphatic hydroxyl groups excluding tert-OH is 1. The Hall–Kier alpha value is -3.72. The number of aromatic nitrogens is 2. The largest absolute Gasteiger partial charge is 0.507 e. The van der Waals surface area contributed by atoms with Crippen molar-refractivity contribution in [1.29, 1.82) is 0 Å². The first kappa shape index (κ1) is 25.4. The predicted octanol–water partition coefficient (Wildman–Crippen LogP) is 5.44. The van der Waals surface area contributed by atoms with Gasteiger partial charge in [-0.3, -0.25) is 14.5 Å². The SMILES string of the molecule is CCCCOc1cccc(C2C(=C(O)c3ccc(OCCC)cc3)C(=O)C(=O)N2c2nnc(C)s2)c1. The Kier molecular flexibility index (Phi) is 8.00. The molecule has 1 fully saturated rings. The lowest BCUT2D eigenvalue weighted by Crippen LogP contribution is -2.29. The molecule has 1 unspecified atom stereocenters. The average molecular weight is 508 g/mol. The molecule has 0 radical (unpaired) electrons. The van der Waals surface area contributed by atoms with Gasteiger partial charge in [-0.2, -0.15) is 0 Å². The second-order valence-corrected chi connectivity index (χ2v) is 9.58. The van der Waals surface area contributed by atoms with E-state index in [1.807, 2.05) is 19.1 Å². The van der Waals surface area contributed by atoms with E-state index in [9.17, 15) is 14.7 Å². The Morgan fingerprint density at radius 1 is 1.00 bits per heavy atom. The molecule has 4 rings (SSSR count). The zero-order valence-corrected chi connectivity index (χ0v) is 21.4. The van der Waals surface area contributed by atoms with Crippen LogP contribution in [0.3, 0.4) is 0 Å². The van der Waals surface area contributed by atoms with E-state index in [1.54, 1.807) is 43.3 Å². The van der Waals surface area contributed by atoms with Crippen LogP contribution in [0.5, 0.6) is 11.5 Å². The first-order chi connectivity index (χ1) is 17.4. The van der Waals surface area contributed by atoms with Crippen LogP contribution in [0.4, 0.5) is 5.13 Å². The van der Waals surface area contributed by atoms with Gasteiger partial charge >= 0.3 is 5.91 Å². The highest BCUT2D eigenvalue weighted by molar-refractivity contribution is 7.15. The summed E-state index contributed by atoms with van der Waals surface area (Å²) in [4.78, 5) is 27.8. The van der Waals surface area contributed by atoms with Crippen LogP contribution >= 0.6 is 11.3 Å². The lowest BCUT2D eigenvalue weighted by atomic mass is 9.95. The molecule has 1 N–H and O–H groups in total. The molecule has 1 atom stereocenters. The van der Waals surface area contributed by atoms with Crippen LogP contribution < -0.4 is 14.4 Å². The van der Waals surface area contributed by atoms with Crippen molar-refractivity contribution >= 4 is 33.9 Å². The molecule has 1 saturated heterocycles. The molecule has 9 heteroatoms. The fraction of sp³-hybridized carbons (Fsp3) is 0.333. The fourth-order valence-electron chi connectivity index (χ4n) is 3.92. The van der Waals surface area contributed by atoms with Crippen molar-refractivity contribution in [1.82, 2.24) is 10.2 Å². The molecule has 0 spiro atoms. The van der Waals surface area contributed by atoms with Gasteiger partial charge in [0.2, 0.25) is 5.13 Å². The quantitative estimate of drug-likeness (QED) is 0.169. The summed E-state index contributed by atoms with van der Waals surface area (Å²) >= 11 is 1.21. The van der Waals surface area contributed by atoms with Gasteiger partial charge in [-0.05, 0) is 61.7 Å². The molecule has 0 aliphatic carbocycles. The molecule has 1 aliphatic heterocycles. The monoisotopic (exact) mass is 507 g/mol. The minimum atomic E-state index is -0.886. The van der Waals surface area contributed by atoms with Crippen LogP contribution in [-0.2, 0) is 9.59 Å². The summed E-state index contributed by atoms with van der Waals surface area (Å²) < 4.78 is 11.5. The first-order valence-electron chi connectivity index (χ1n) is 12.0. The number of rotatable bonds is 10. The van der Waals surface area contributed by atoms with Gasteiger partial charge in [-0.25, -0.2) is 0 Å². The van der Waals surface area contributed by atoms with E-state index in [2.05, 4.69) is 17.1 Å². The topological polar surface area (TPSA) is 102 Å². The van der Waals surface area contributed by atoms with Gasteiger partial charge in [0.15, 0.2) is 0 Å². The molecule has 1 amide bonds. The normalized spacial score (nSPS) is 17.0. The number of hydrogen-bond donors (Lipinski definition) is 1. The van der Waals surface area contributed by atoms with E-state index in [0.29, 0.717) is 46.0 Å². The number of ether oxygens (including phenoxy) is 2. The smallest absolute Gasteiger partial charge is 0.301 e. The number of carbonyl (C=O) groups is 2. The second-order valence-electron chi connectivity index (χ2n) is 8.42. The van der Waals surface area contributed by atoms with Gasteiger partial charge < -0.3 is 14.6 Å². The summed E-state index contributed by atoms with van der Waals surface area (Å²) in [6.07, 6.45) is 2.78. The molecule has 0 saturated carbocycles. The number of Topliss-reactive ketones (excluding diaryl/α,β-unsaturated/α-hetero) is 1. The van der Waals surface area contributed by atoms with Crippen LogP contribution in [0.25, 0.3) is 5.76 Å². The lowest BCUT2D eigenvalue weighted by Gasteiger charge is -2.23. The van der Waals surface area contributed by atoms with Gasteiger partial charge in [0.1, 0.15) is 22.3 Å². The third-order valence-corrected chi connectivity index (χ3v) is 6.54. The molecule has 1 aliphatic rings. The summed E-state index contributed by atoms with van der Waals surface area (Å²) in [7, 11) is 0. The summed E-state index contributed by atoms with van der Waals surface area (Å²) in [5.41, 5.74) is 1.02. The van der Waals surface area contributed by atoms with Gasteiger partial charge in [0.25, 0.3) is 5.78 Å². The van der Waals surface area contributed by atoms with Crippen LogP contribution in [0, 0.1) is 6.92 Å². The van der Waals surface area contributed by atoms with E-state index < -0.39 is 17.7 Å². The average Bonchev–Trinajstić information content (AvgIpc) is 3.43. The number of carbonyl (C=O) groups excluding carboxylic acids is 2.